The number of rotatable bonds is 5. The Morgan fingerprint density at radius 1 is 1.53 bits per heavy atom. The van der Waals surface area contributed by atoms with Crippen LogP contribution in [0.3, 0.4) is 0 Å². The third-order valence-electron chi connectivity index (χ3n) is 2.93. The van der Waals surface area contributed by atoms with Crippen LogP contribution in [0.5, 0.6) is 5.75 Å². The van der Waals surface area contributed by atoms with Gasteiger partial charge in [-0.3, -0.25) is 4.79 Å². The molecule has 1 saturated heterocycles. The molecule has 1 aliphatic rings. The smallest absolute Gasteiger partial charge is 0.255 e. The van der Waals surface area contributed by atoms with Crippen molar-refractivity contribution in [1.82, 2.24) is 5.32 Å². The summed E-state index contributed by atoms with van der Waals surface area (Å²) in [5.41, 5.74) is 0.496. The van der Waals surface area contributed by atoms with Crippen molar-refractivity contribution in [1.29, 1.82) is 0 Å². The van der Waals surface area contributed by atoms with Crippen molar-refractivity contribution in [2.75, 3.05) is 19.8 Å². The van der Waals surface area contributed by atoms with E-state index in [1.807, 2.05) is 6.07 Å². The number of hydrogen-bond donors (Lipinski definition) is 1. The molecule has 4 heteroatoms. The number of carbonyl (C=O) groups is 1. The zero-order valence-corrected chi connectivity index (χ0v) is 10.7. The summed E-state index contributed by atoms with van der Waals surface area (Å²) in [4.78, 5) is 11.9. The molecule has 0 aliphatic carbocycles. The van der Waals surface area contributed by atoms with Crippen LogP contribution in [0.25, 0.3) is 0 Å². The second-order valence-corrected chi connectivity index (χ2v) is 4.33. The number of hydrogen-bond acceptors (Lipinski definition) is 3. The van der Waals surface area contributed by atoms with Crippen LogP contribution >= 0.6 is 0 Å². The molecule has 4 nitrogen and oxygen atoms in total. The second kappa shape index (κ2) is 6.81. The predicted molar refractivity (Wildman–Crippen MR) is 72.1 cm³/mol. The van der Waals surface area contributed by atoms with E-state index in [4.69, 9.17) is 15.9 Å². The number of benzene rings is 1. The third kappa shape index (κ3) is 3.73. The zero-order valence-electron chi connectivity index (χ0n) is 10.7. The van der Waals surface area contributed by atoms with Gasteiger partial charge in [0, 0.05) is 6.61 Å². The highest BCUT2D eigenvalue weighted by Crippen LogP contribution is 2.20. The average Bonchev–Trinajstić information content (AvgIpc) is 2.96. The molecule has 1 heterocycles. The van der Waals surface area contributed by atoms with Crippen LogP contribution in [0.15, 0.2) is 24.3 Å². The topological polar surface area (TPSA) is 47.6 Å². The molecule has 19 heavy (non-hydrogen) atoms. The molecule has 1 aliphatic heterocycles. The SMILES string of the molecule is C#CCNC(=O)c1ccccc1OCC1CCCO1. The number of para-hydroxylation sites is 1. The normalized spacial score (nSPS) is 17.7. The summed E-state index contributed by atoms with van der Waals surface area (Å²) >= 11 is 0. The molecule has 1 unspecified atom stereocenters. The lowest BCUT2D eigenvalue weighted by atomic mass is 10.2. The molecule has 1 amide bonds. The maximum atomic E-state index is 11.9. The minimum absolute atomic E-state index is 0.127. The van der Waals surface area contributed by atoms with Gasteiger partial charge in [0.2, 0.25) is 0 Å². The zero-order chi connectivity index (χ0) is 13.5. The quantitative estimate of drug-likeness (QED) is 0.817. The Labute approximate surface area is 113 Å². The van der Waals surface area contributed by atoms with Gasteiger partial charge in [-0.1, -0.05) is 18.1 Å². The van der Waals surface area contributed by atoms with E-state index in [2.05, 4.69) is 11.2 Å². The molecule has 1 aromatic carbocycles. The molecular formula is C15H17NO3. The van der Waals surface area contributed by atoms with Crippen molar-refractivity contribution >= 4 is 5.91 Å². The van der Waals surface area contributed by atoms with E-state index >= 15 is 0 Å². The third-order valence-corrected chi connectivity index (χ3v) is 2.93. The van der Waals surface area contributed by atoms with Gasteiger partial charge in [0.05, 0.1) is 18.2 Å². The summed E-state index contributed by atoms with van der Waals surface area (Å²) in [6, 6.07) is 7.13. The Kier molecular flexibility index (Phi) is 4.82. The minimum atomic E-state index is -0.221. The van der Waals surface area contributed by atoms with Crippen molar-refractivity contribution in [3.8, 4) is 18.1 Å². The molecule has 1 N–H and O–H groups in total. The van der Waals surface area contributed by atoms with Gasteiger partial charge in [-0.2, -0.15) is 0 Å². The van der Waals surface area contributed by atoms with E-state index in [9.17, 15) is 4.79 Å². The van der Waals surface area contributed by atoms with Crippen molar-refractivity contribution in [2.45, 2.75) is 18.9 Å². The van der Waals surface area contributed by atoms with Crippen LogP contribution in [-0.2, 0) is 4.74 Å². The van der Waals surface area contributed by atoms with Gasteiger partial charge >= 0.3 is 0 Å². The number of ether oxygens (including phenoxy) is 2. The Balaban J connectivity index is 1.99. The first-order valence-electron chi connectivity index (χ1n) is 6.36. The van der Waals surface area contributed by atoms with Gasteiger partial charge in [-0.05, 0) is 25.0 Å². The van der Waals surface area contributed by atoms with Crippen LogP contribution in [-0.4, -0.2) is 31.8 Å². The molecule has 0 saturated carbocycles. The van der Waals surface area contributed by atoms with Crippen molar-refractivity contribution in [3.63, 3.8) is 0 Å². The van der Waals surface area contributed by atoms with Gasteiger partial charge in [-0.25, -0.2) is 0 Å². The fraction of sp³-hybridized carbons (Fsp3) is 0.400. The van der Waals surface area contributed by atoms with Crippen LogP contribution in [0, 0.1) is 12.3 Å². The second-order valence-electron chi connectivity index (χ2n) is 4.33. The van der Waals surface area contributed by atoms with E-state index in [1.165, 1.54) is 0 Å². The molecular weight excluding hydrogens is 242 g/mol. The fourth-order valence-corrected chi connectivity index (χ4v) is 1.97. The first-order chi connectivity index (χ1) is 9.31. The average molecular weight is 259 g/mol. The molecule has 2 rings (SSSR count). The minimum Gasteiger partial charge on any atom is -0.490 e. The van der Waals surface area contributed by atoms with Gasteiger partial charge in [0.25, 0.3) is 5.91 Å². The molecule has 0 bridgehead atoms. The Bertz CT molecular complexity index is 473. The monoisotopic (exact) mass is 259 g/mol. The van der Waals surface area contributed by atoms with E-state index < -0.39 is 0 Å². The summed E-state index contributed by atoms with van der Waals surface area (Å²) in [6.07, 6.45) is 7.32. The van der Waals surface area contributed by atoms with Crippen LogP contribution in [0.4, 0.5) is 0 Å². The lowest BCUT2D eigenvalue weighted by Gasteiger charge is -2.14. The number of carbonyl (C=O) groups excluding carboxylic acids is 1. The summed E-state index contributed by atoms with van der Waals surface area (Å²) < 4.78 is 11.2. The molecule has 100 valence electrons. The summed E-state index contributed by atoms with van der Waals surface area (Å²) in [7, 11) is 0. The summed E-state index contributed by atoms with van der Waals surface area (Å²) in [5.74, 6) is 2.71. The first kappa shape index (κ1) is 13.4. The van der Waals surface area contributed by atoms with Crippen LogP contribution in [0.1, 0.15) is 23.2 Å². The molecule has 1 aromatic rings. The number of amides is 1. The first-order valence-corrected chi connectivity index (χ1v) is 6.36. The van der Waals surface area contributed by atoms with E-state index in [-0.39, 0.29) is 18.6 Å². The van der Waals surface area contributed by atoms with Crippen molar-refractivity contribution in [2.24, 2.45) is 0 Å². The van der Waals surface area contributed by atoms with E-state index in [1.54, 1.807) is 18.2 Å². The Morgan fingerprint density at radius 2 is 2.37 bits per heavy atom. The van der Waals surface area contributed by atoms with Gasteiger partial charge in [-0.15, -0.1) is 6.42 Å². The van der Waals surface area contributed by atoms with Gasteiger partial charge in [0.15, 0.2) is 0 Å². The molecule has 0 aromatic heterocycles. The maximum absolute atomic E-state index is 11.9. The molecule has 0 radical (unpaired) electrons. The molecule has 0 spiro atoms. The highest BCUT2D eigenvalue weighted by atomic mass is 16.5. The predicted octanol–water partition coefficient (Wildman–Crippen LogP) is 1.61. The molecule has 1 atom stereocenters. The van der Waals surface area contributed by atoms with Crippen LogP contribution < -0.4 is 10.1 Å². The fourth-order valence-electron chi connectivity index (χ4n) is 1.97. The lowest BCUT2D eigenvalue weighted by molar-refractivity contribution is 0.0671. The van der Waals surface area contributed by atoms with E-state index in [0.29, 0.717) is 17.9 Å². The van der Waals surface area contributed by atoms with E-state index in [0.717, 1.165) is 19.4 Å². The lowest BCUT2D eigenvalue weighted by Crippen LogP contribution is -2.25. The standard InChI is InChI=1S/C15H17NO3/c1-2-9-16-15(17)13-7-3-4-8-14(13)19-11-12-6-5-10-18-12/h1,3-4,7-8,12H,5-6,9-11H2,(H,16,17). The number of nitrogens with one attached hydrogen (secondary N) is 1. The highest BCUT2D eigenvalue weighted by molar-refractivity contribution is 5.97. The summed E-state index contributed by atoms with van der Waals surface area (Å²) in [6.45, 7) is 1.47. The van der Waals surface area contributed by atoms with Gasteiger partial charge in [0.1, 0.15) is 12.4 Å². The Hall–Kier alpha value is -1.99. The van der Waals surface area contributed by atoms with Gasteiger partial charge < -0.3 is 14.8 Å². The van der Waals surface area contributed by atoms with Crippen molar-refractivity contribution in [3.05, 3.63) is 29.8 Å². The molecule has 1 fully saturated rings. The highest BCUT2D eigenvalue weighted by Gasteiger charge is 2.18. The largest absolute Gasteiger partial charge is 0.490 e. The number of terminal acetylenes is 1. The summed E-state index contributed by atoms with van der Waals surface area (Å²) in [5, 5.41) is 2.63. The maximum Gasteiger partial charge on any atom is 0.255 e. The Morgan fingerprint density at radius 3 is 3.11 bits per heavy atom. The van der Waals surface area contributed by atoms with Crippen molar-refractivity contribution < 1.29 is 14.3 Å². The van der Waals surface area contributed by atoms with Crippen LogP contribution in [0.2, 0.25) is 0 Å².